The van der Waals surface area contributed by atoms with E-state index in [9.17, 15) is 8.78 Å². The minimum Gasteiger partial charge on any atom is -0.381 e. The number of hydrogen-bond donors (Lipinski definition) is 2. The first-order valence-electron chi connectivity index (χ1n) is 10.3. The Kier molecular flexibility index (Phi) is 8.07. The minimum atomic E-state index is -0.389. The molecule has 0 aliphatic carbocycles. The van der Waals surface area contributed by atoms with Gasteiger partial charge in [-0.2, -0.15) is 0 Å². The van der Waals surface area contributed by atoms with E-state index < -0.39 is 0 Å². The minimum absolute atomic E-state index is 0.349. The average molecular weight is 443 g/mol. The summed E-state index contributed by atoms with van der Waals surface area (Å²) in [5.74, 6) is 2.45. The van der Waals surface area contributed by atoms with Gasteiger partial charge in [-0.15, -0.1) is 0 Å². The summed E-state index contributed by atoms with van der Waals surface area (Å²) in [5, 5.41) is 4.38. The van der Waals surface area contributed by atoms with E-state index in [0.717, 1.165) is 28.1 Å². The first-order chi connectivity index (χ1) is 15.7. The fraction of sp³-hybridized carbons (Fsp3) is 0.364. The van der Waals surface area contributed by atoms with Crippen LogP contribution in [0.1, 0.15) is 5.56 Å². The summed E-state index contributed by atoms with van der Waals surface area (Å²) < 4.78 is 22.3. The molecule has 2 aromatic heterocycles. The molecule has 0 spiro atoms. The first kappa shape index (κ1) is 23.1. The molecule has 170 valence electrons. The molecule has 0 amide bonds. The molecule has 1 fully saturated rings. The maximum atomic E-state index is 12.8. The summed E-state index contributed by atoms with van der Waals surface area (Å²) in [6.07, 6.45) is 3.45. The van der Waals surface area contributed by atoms with Gasteiger partial charge >= 0.3 is 0 Å². The number of rotatable bonds is 6. The highest BCUT2D eigenvalue weighted by Gasteiger charge is 2.23. The van der Waals surface area contributed by atoms with Gasteiger partial charge in [-0.3, -0.25) is 14.4 Å². The number of halogens is 2. The number of aliphatic imine (C=N–C) groups is 1. The van der Waals surface area contributed by atoms with Gasteiger partial charge in [0.2, 0.25) is 0 Å². The summed E-state index contributed by atoms with van der Waals surface area (Å²) in [4.78, 5) is 21.7. The highest BCUT2D eigenvalue weighted by atomic mass is 19.1. The van der Waals surface area contributed by atoms with E-state index in [1.54, 1.807) is 19.4 Å². The van der Waals surface area contributed by atoms with Crippen molar-refractivity contribution in [1.82, 2.24) is 19.9 Å². The van der Waals surface area contributed by atoms with Crippen LogP contribution >= 0.6 is 0 Å². The van der Waals surface area contributed by atoms with Gasteiger partial charge in [-0.05, 0) is 23.8 Å². The lowest BCUT2D eigenvalue weighted by Crippen LogP contribution is -2.51. The molecular formula is C22H28F2N8. The summed E-state index contributed by atoms with van der Waals surface area (Å²) in [6.45, 7) is 2.51. The smallest absolute Gasteiger partial charge is 0.171 e. The van der Waals surface area contributed by atoms with E-state index in [2.05, 4.69) is 36.2 Å². The van der Waals surface area contributed by atoms with Gasteiger partial charge in [-0.25, -0.2) is 14.4 Å². The number of nitrogen functional groups attached to an aromatic ring is 1. The van der Waals surface area contributed by atoms with Crippen molar-refractivity contribution in [2.75, 3.05) is 63.0 Å². The number of alkyl halides is 2. The lowest BCUT2D eigenvalue weighted by Gasteiger charge is -2.37. The van der Waals surface area contributed by atoms with E-state index in [4.69, 9.17) is 5.73 Å². The number of fused-ring (bicyclic) bond motifs is 1. The third-order valence-electron chi connectivity index (χ3n) is 5.19. The zero-order valence-corrected chi connectivity index (χ0v) is 18.3. The largest absolute Gasteiger partial charge is 0.381 e. The molecule has 1 saturated heterocycles. The number of hydrogen-bond acceptors (Lipinski definition) is 7. The number of amidine groups is 1. The van der Waals surface area contributed by atoms with Crippen LogP contribution in [0.15, 0.2) is 47.7 Å². The van der Waals surface area contributed by atoms with E-state index in [-0.39, 0.29) is 6.67 Å². The lowest BCUT2D eigenvalue weighted by molar-refractivity contribution is 0.342. The Morgan fingerprint density at radius 3 is 2.81 bits per heavy atom. The van der Waals surface area contributed by atoms with Crippen LogP contribution in [0.5, 0.6) is 0 Å². The van der Waals surface area contributed by atoms with Gasteiger partial charge in [0.05, 0.1) is 25.4 Å². The summed E-state index contributed by atoms with van der Waals surface area (Å²) >= 11 is 0. The number of aromatic nitrogens is 3. The Hall–Kier alpha value is -3.56. The van der Waals surface area contributed by atoms with Crippen LogP contribution in [0.3, 0.4) is 0 Å². The highest BCUT2D eigenvalue weighted by Crippen LogP contribution is 2.21. The predicted octanol–water partition coefficient (Wildman–Crippen LogP) is 2.92. The third-order valence-corrected chi connectivity index (χ3v) is 5.19. The number of nitrogens with one attached hydrogen (secondary N) is 1. The van der Waals surface area contributed by atoms with Crippen molar-refractivity contribution in [3.8, 4) is 0 Å². The molecule has 8 nitrogen and oxygen atoms in total. The molecule has 1 aliphatic heterocycles. The standard InChI is InChI=1S/C21H25FN8.CH3F/c1-24-19-14-30(10-9-29(19)8-6-22)18-13-26-20(23)21(28-18)27-12-15-4-5-17-16(11-15)3-2-7-25-17;1-2/h2-5,7,11,13H,6,8-10,12,14H2,1H3,(H2,23,26)(H,27,28);1H3. The second-order valence-corrected chi connectivity index (χ2v) is 7.08. The molecule has 3 aromatic rings. The van der Waals surface area contributed by atoms with Gasteiger partial charge in [0.25, 0.3) is 0 Å². The molecule has 32 heavy (non-hydrogen) atoms. The Balaban J connectivity index is 0.00000141. The number of anilines is 3. The SMILES string of the molecule is CF.CN=C1CN(c2cnc(N)c(NCc3ccc4ncccc4c3)n2)CCN1CCF. The van der Waals surface area contributed by atoms with Crippen LogP contribution in [0.2, 0.25) is 0 Å². The van der Waals surface area contributed by atoms with Crippen molar-refractivity contribution in [2.24, 2.45) is 4.99 Å². The average Bonchev–Trinajstić information content (AvgIpc) is 2.85. The molecule has 3 N–H and O–H groups in total. The zero-order valence-electron chi connectivity index (χ0n) is 18.3. The van der Waals surface area contributed by atoms with Crippen molar-refractivity contribution >= 4 is 34.2 Å². The van der Waals surface area contributed by atoms with Crippen LogP contribution in [0, 0.1) is 0 Å². The molecule has 0 saturated carbocycles. The summed E-state index contributed by atoms with van der Waals surface area (Å²) in [7, 11) is 2.23. The second kappa shape index (κ2) is 11.2. The molecule has 10 heteroatoms. The molecule has 0 atom stereocenters. The second-order valence-electron chi connectivity index (χ2n) is 7.08. The molecule has 1 aliphatic rings. The fourth-order valence-electron chi connectivity index (χ4n) is 3.56. The molecular weight excluding hydrogens is 414 g/mol. The van der Waals surface area contributed by atoms with Crippen LogP contribution < -0.4 is 16.0 Å². The van der Waals surface area contributed by atoms with Crippen LogP contribution in [-0.2, 0) is 6.54 Å². The number of nitrogens with two attached hydrogens (primary N) is 1. The van der Waals surface area contributed by atoms with Gasteiger partial charge in [-0.1, -0.05) is 12.1 Å². The highest BCUT2D eigenvalue weighted by molar-refractivity contribution is 5.87. The molecule has 3 heterocycles. The van der Waals surface area contributed by atoms with Gasteiger partial charge in [0, 0.05) is 44.8 Å². The topological polar surface area (TPSA) is 95.6 Å². The first-order valence-corrected chi connectivity index (χ1v) is 10.3. The molecule has 4 rings (SSSR count). The number of nitrogens with zero attached hydrogens (tertiary/aromatic N) is 6. The quantitative estimate of drug-likeness (QED) is 0.606. The van der Waals surface area contributed by atoms with Gasteiger partial charge < -0.3 is 20.9 Å². The number of piperazine rings is 1. The normalized spacial score (nSPS) is 14.9. The zero-order chi connectivity index (χ0) is 22.9. The molecule has 0 radical (unpaired) electrons. The predicted molar refractivity (Wildman–Crippen MR) is 126 cm³/mol. The van der Waals surface area contributed by atoms with Crippen LogP contribution in [-0.4, -0.2) is 72.8 Å². The summed E-state index contributed by atoms with van der Waals surface area (Å²) in [6, 6.07) is 10.1. The third kappa shape index (κ3) is 5.37. The van der Waals surface area contributed by atoms with Crippen LogP contribution in [0.25, 0.3) is 10.9 Å². The van der Waals surface area contributed by atoms with Crippen LogP contribution in [0.4, 0.5) is 26.2 Å². The van der Waals surface area contributed by atoms with Crippen molar-refractivity contribution in [3.05, 3.63) is 48.3 Å². The Labute approximate surface area is 186 Å². The Morgan fingerprint density at radius 2 is 2.03 bits per heavy atom. The molecule has 1 aromatic carbocycles. The van der Waals surface area contributed by atoms with Crippen molar-refractivity contribution < 1.29 is 8.78 Å². The van der Waals surface area contributed by atoms with E-state index >= 15 is 0 Å². The van der Waals surface area contributed by atoms with E-state index in [1.165, 1.54) is 0 Å². The molecule has 0 bridgehead atoms. The van der Waals surface area contributed by atoms with Gasteiger partial charge in [0.15, 0.2) is 11.6 Å². The van der Waals surface area contributed by atoms with Crippen molar-refractivity contribution in [2.45, 2.75) is 6.54 Å². The lowest BCUT2D eigenvalue weighted by atomic mass is 10.1. The number of pyridine rings is 1. The van der Waals surface area contributed by atoms with Gasteiger partial charge in [0.1, 0.15) is 18.3 Å². The maximum absolute atomic E-state index is 12.8. The molecule has 0 unspecified atom stereocenters. The van der Waals surface area contributed by atoms with E-state index in [0.29, 0.717) is 51.5 Å². The monoisotopic (exact) mass is 442 g/mol. The summed E-state index contributed by atoms with van der Waals surface area (Å²) in [5.41, 5.74) is 8.11. The number of benzene rings is 1. The van der Waals surface area contributed by atoms with Crippen molar-refractivity contribution in [3.63, 3.8) is 0 Å². The maximum Gasteiger partial charge on any atom is 0.171 e. The van der Waals surface area contributed by atoms with E-state index in [1.807, 2.05) is 29.2 Å². The fourth-order valence-corrected chi connectivity index (χ4v) is 3.56. The van der Waals surface area contributed by atoms with Crippen molar-refractivity contribution in [1.29, 1.82) is 0 Å². The Bertz CT molecular complexity index is 1060. The Morgan fingerprint density at radius 1 is 1.19 bits per heavy atom.